The number of hydrogen-bond donors (Lipinski definition) is 0. The number of anilines is 1. The van der Waals surface area contributed by atoms with E-state index >= 15 is 0 Å². The summed E-state index contributed by atoms with van der Waals surface area (Å²) in [5, 5.41) is 0.953. The van der Waals surface area contributed by atoms with Crippen molar-refractivity contribution in [1.29, 1.82) is 0 Å². The van der Waals surface area contributed by atoms with E-state index in [-0.39, 0.29) is 35.0 Å². The van der Waals surface area contributed by atoms with Crippen LogP contribution in [0.1, 0.15) is 59.7 Å². The minimum absolute atomic E-state index is 0.0858. The summed E-state index contributed by atoms with van der Waals surface area (Å²) in [6, 6.07) is 22.7. The highest BCUT2D eigenvalue weighted by atomic mass is 35.5. The number of carbonyl (C=O) groups is 4. The summed E-state index contributed by atoms with van der Waals surface area (Å²) in [6.07, 6.45) is 3.14. The molecule has 5 unspecified atom stereocenters. The summed E-state index contributed by atoms with van der Waals surface area (Å²) in [4.78, 5) is 59.7. The van der Waals surface area contributed by atoms with E-state index < -0.39 is 12.1 Å². The second-order valence-corrected chi connectivity index (χ2v) is 12.5. The minimum Gasteiger partial charge on any atom is -0.450 e. The SMILES string of the molecule is CCCC(OC(=O)c1cc(-c2ccc(N3C(=O)C4C5CCC(C5)C4C3=O)cc2)nc2ccc(Cl)cc12)C(=O)c1ccccc1. The third kappa shape index (κ3) is 4.80. The van der Waals surface area contributed by atoms with Crippen LogP contribution in [-0.4, -0.2) is 34.7 Å². The molecule has 1 saturated heterocycles. The van der Waals surface area contributed by atoms with Gasteiger partial charge in [0.05, 0.1) is 34.3 Å². The molecule has 0 spiro atoms. The van der Waals surface area contributed by atoms with Crippen molar-refractivity contribution in [2.75, 3.05) is 4.90 Å². The van der Waals surface area contributed by atoms with Crippen LogP contribution in [0.15, 0.2) is 78.9 Å². The zero-order valence-corrected chi connectivity index (χ0v) is 25.0. The average Bonchev–Trinajstić information content (AvgIpc) is 3.74. The molecule has 0 radical (unpaired) electrons. The number of benzene rings is 3. The van der Waals surface area contributed by atoms with Crippen LogP contribution in [0.5, 0.6) is 0 Å². The van der Waals surface area contributed by atoms with Gasteiger partial charge in [-0.25, -0.2) is 9.78 Å². The van der Waals surface area contributed by atoms with Crippen molar-refractivity contribution in [3.63, 3.8) is 0 Å². The van der Waals surface area contributed by atoms with Gasteiger partial charge in [0.1, 0.15) is 0 Å². The highest BCUT2D eigenvalue weighted by Gasteiger charge is 2.61. The third-order valence-electron chi connectivity index (χ3n) is 9.49. The topological polar surface area (TPSA) is 93.6 Å². The number of halogens is 1. The average molecular weight is 607 g/mol. The van der Waals surface area contributed by atoms with Gasteiger partial charge in [0, 0.05) is 21.5 Å². The molecule has 7 rings (SSSR count). The molecule has 5 atom stereocenters. The van der Waals surface area contributed by atoms with Crippen molar-refractivity contribution in [1.82, 2.24) is 4.98 Å². The summed E-state index contributed by atoms with van der Waals surface area (Å²) in [5.74, 6) is -0.804. The van der Waals surface area contributed by atoms with Gasteiger partial charge in [0.2, 0.25) is 17.6 Å². The summed E-state index contributed by atoms with van der Waals surface area (Å²) in [7, 11) is 0. The zero-order chi connectivity index (χ0) is 30.5. The molecule has 1 aromatic heterocycles. The largest absolute Gasteiger partial charge is 0.450 e. The van der Waals surface area contributed by atoms with Crippen LogP contribution < -0.4 is 4.90 Å². The summed E-state index contributed by atoms with van der Waals surface area (Å²) >= 11 is 6.30. The number of amides is 2. The Labute approximate surface area is 260 Å². The molecule has 44 heavy (non-hydrogen) atoms. The quantitative estimate of drug-likeness (QED) is 0.119. The number of pyridine rings is 1. The first-order chi connectivity index (χ1) is 21.3. The number of ether oxygens (including phenoxy) is 1. The van der Waals surface area contributed by atoms with Crippen molar-refractivity contribution in [2.24, 2.45) is 23.7 Å². The van der Waals surface area contributed by atoms with Crippen molar-refractivity contribution in [2.45, 2.75) is 45.1 Å². The maximum Gasteiger partial charge on any atom is 0.339 e. The predicted molar refractivity (Wildman–Crippen MR) is 167 cm³/mol. The Morgan fingerprint density at radius 1 is 0.932 bits per heavy atom. The first-order valence-electron chi connectivity index (χ1n) is 15.2. The Bertz CT molecular complexity index is 1780. The number of imide groups is 1. The number of ketones is 1. The van der Waals surface area contributed by atoms with Gasteiger partial charge in [-0.2, -0.15) is 0 Å². The molecule has 2 bridgehead atoms. The van der Waals surface area contributed by atoms with Crippen molar-refractivity contribution in [3.05, 3.63) is 95.0 Å². The molecular formula is C36H31ClN2O5. The van der Waals surface area contributed by atoms with Crippen molar-refractivity contribution in [3.8, 4) is 11.3 Å². The molecule has 3 aromatic carbocycles. The fourth-order valence-electron chi connectivity index (χ4n) is 7.45. The van der Waals surface area contributed by atoms with Gasteiger partial charge in [-0.3, -0.25) is 19.3 Å². The molecule has 2 amide bonds. The first kappa shape index (κ1) is 28.4. The normalized spacial score (nSPS) is 22.8. The molecule has 222 valence electrons. The Hall–Kier alpha value is -4.36. The van der Waals surface area contributed by atoms with E-state index in [2.05, 4.69) is 0 Å². The van der Waals surface area contributed by atoms with Gasteiger partial charge in [-0.1, -0.05) is 67.4 Å². The number of nitrogens with zero attached hydrogens (tertiary/aromatic N) is 2. The molecule has 1 aliphatic heterocycles. The van der Waals surface area contributed by atoms with Crippen LogP contribution in [0.2, 0.25) is 5.02 Å². The molecule has 8 heteroatoms. The smallest absolute Gasteiger partial charge is 0.339 e. The van der Waals surface area contributed by atoms with Gasteiger partial charge >= 0.3 is 5.97 Å². The monoisotopic (exact) mass is 606 g/mol. The second kappa shape index (κ2) is 11.3. The maximum atomic E-state index is 13.7. The number of fused-ring (bicyclic) bond motifs is 6. The molecule has 0 N–H and O–H groups in total. The van der Waals surface area contributed by atoms with E-state index in [0.717, 1.165) is 19.3 Å². The number of carbonyl (C=O) groups excluding carboxylic acids is 4. The van der Waals surface area contributed by atoms with Crippen LogP contribution in [0.3, 0.4) is 0 Å². The fourth-order valence-corrected chi connectivity index (χ4v) is 7.62. The first-order valence-corrected chi connectivity index (χ1v) is 15.6. The molecule has 2 heterocycles. The lowest BCUT2D eigenvalue weighted by Gasteiger charge is -2.19. The number of aromatic nitrogens is 1. The lowest BCUT2D eigenvalue weighted by atomic mass is 9.81. The van der Waals surface area contributed by atoms with Crippen LogP contribution >= 0.6 is 11.6 Å². The van der Waals surface area contributed by atoms with Crippen LogP contribution in [-0.2, 0) is 14.3 Å². The zero-order valence-electron chi connectivity index (χ0n) is 24.2. The highest BCUT2D eigenvalue weighted by molar-refractivity contribution is 6.31. The highest BCUT2D eigenvalue weighted by Crippen LogP contribution is 2.56. The predicted octanol–water partition coefficient (Wildman–Crippen LogP) is 7.30. The third-order valence-corrected chi connectivity index (χ3v) is 9.73. The Balaban J connectivity index is 1.20. The van der Waals surface area contributed by atoms with E-state index in [1.54, 1.807) is 72.8 Å². The Kier molecular flexibility index (Phi) is 7.29. The summed E-state index contributed by atoms with van der Waals surface area (Å²) in [6.45, 7) is 1.93. The summed E-state index contributed by atoms with van der Waals surface area (Å²) < 4.78 is 5.86. The molecule has 2 saturated carbocycles. The minimum atomic E-state index is -0.940. The molecule has 2 aliphatic carbocycles. The van der Waals surface area contributed by atoms with E-state index in [1.165, 1.54) is 4.90 Å². The van der Waals surface area contributed by atoms with Crippen LogP contribution in [0.25, 0.3) is 22.2 Å². The standard InChI is InChI=1S/C36H31ClN2O5/c1-2-6-30(33(40)21-7-4-3-5-8-21)44-36(43)27-19-29(38-28-16-13-24(37)18-26(27)28)20-11-14-25(15-12-20)39-34(41)31-22-9-10-23(17-22)32(31)35(39)42/h3-5,7-8,11-16,18-19,22-23,30-32H,2,6,9-10,17H2,1H3. The second-order valence-electron chi connectivity index (χ2n) is 12.1. The van der Waals surface area contributed by atoms with Gasteiger partial charge in [0.25, 0.3) is 0 Å². The van der Waals surface area contributed by atoms with E-state index in [4.69, 9.17) is 21.3 Å². The number of Topliss-reactive ketones (excluding diaryl/α,β-unsaturated/α-hetero) is 1. The molecule has 3 fully saturated rings. The van der Waals surface area contributed by atoms with E-state index in [0.29, 0.717) is 63.1 Å². The van der Waals surface area contributed by atoms with Crippen LogP contribution in [0, 0.1) is 23.7 Å². The van der Waals surface area contributed by atoms with Gasteiger partial charge in [-0.05, 0) is 73.9 Å². The van der Waals surface area contributed by atoms with Gasteiger partial charge < -0.3 is 4.74 Å². The number of hydrogen-bond acceptors (Lipinski definition) is 6. The van der Waals surface area contributed by atoms with Crippen molar-refractivity contribution >= 4 is 51.8 Å². The lowest BCUT2D eigenvalue weighted by molar-refractivity contribution is -0.123. The lowest BCUT2D eigenvalue weighted by Crippen LogP contribution is -2.32. The van der Waals surface area contributed by atoms with E-state index in [9.17, 15) is 19.2 Å². The van der Waals surface area contributed by atoms with Crippen molar-refractivity contribution < 1.29 is 23.9 Å². The fraction of sp³-hybridized carbons (Fsp3) is 0.306. The molecule has 3 aliphatic rings. The van der Waals surface area contributed by atoms with Gasteiger partial charge in [-0.15, -0.1) is 0 Å². The number of esters is 1. The molecular weight excluding hydrogens is 576 g/mol. The number of rotatable bonds is 8. The molecule has 7 nitrogen and oxygen atoms in total. The maximum absolute atomic E-state index is 13.7. The Morgan fingerprint density at radius 3 is 2.27 bits per heavy atom. The van der Waals surface area contributed by atoms with Gasteiger partial charge in [0.15, 0.2) is 6.10 Å². The Morgan fingerprint density at radius 2 is 1.61 bits per heavy atom. The van der Waals surface area contributed by atoms with Crippen LogP contribution in [0.4, 0.5) is 5.69 Å². The molecule has 4 aromatic rings. The van der Waals surface area contributed by atoms with E-state index in [1.807, 2.05) is 13.0 Å². The summed E-state index contributed by atoms with van der Waals surface area (Å²) in [5.41, 5.74) is 3.02.